The van der Waals surface area contributed by atoms with Crippen LogP contribution in [0.3, 0.4) is 0 Å². The number of furan rings is 1. The summed E-state index contributed by atoms with van der Waals surface area (Å²) in [6, 6.07) is 7.80. The second kappa shape index (κ2) is 7.07. The summed E-state index contributed by atoms with van der Waals surface area (Å²) in [6.07, 6.45) is 1.15. The molecule has 0 unspecified atom stereocenters. The van der Waals surface area contributed by atoms with Gasteiger partial charge in [-0.3, -0.25) is 9.59 Å². The fourth-order valence-electron chi connectivity index (χ4n) is 2.76. The van der Waals surface area contributed by atoms with Crippen LogP contribution in [0.2, 0.25) is 0 Å². The van der Waals surface area contributed by atoms with E-state index in [4.69, 9.17) is 4.42 Å². The van der Waals surface area contributed by atoms with Crippen molar-refractivity contribution in [3.8, 4) is 0 Å². The molecular formula is C20H17F2NO3. The van der Waals surface area contributed by atoms with E-state index in [0.717, 1.165) is 18.6 Å². The van der Waals surface area contributed by atoms with Crippen LogP contribution in [0, 0.1) is 18.6 Å². The molecule has 4 nitrogen and oxygen atoms in total. The van der Waals surface area contributed by atoms with Crippen LogP contribution in [0.4, 0.5) is 14.5 Å². The second-order valence-corrected chi connectivity index (χ2v) is 6.02. The van der Waals surface area contributed by atoms with Gasteiger partial charge in [-0.05, 0) is 43.7 Å². The van der Waals surface area contributed by atoms with Gasteiger partial charge in [0.25, 0.3) is 0 Å². The highest BCUT2D eigenvalue weighted by molar-refractivity contribution is 6.11. The number of rotatable bonds is 5. The standard InChI is InChI=1S/C20H17F2NO3/c1-3-4-18(24)23-13-6-8-17-15(10-13)11(2)20(26-17)19(25)14-7-5-12(21)9-16(14)22/h5-10H,3-4H2,1-2H3,(H,23,24). The summed E-state index contributed by atoms with van der Waals surface area (Å²) in [5.74, 6) is -2.47. The number of aryl methyl sites for hydroxylation is 1. The molecule has 3 rings (SSSR count). The molecule has 1 N–H and O–H groups in total. The number of hydrogen-bond acceptors (Lipinski definition) is 3. The fourth-order valence-corrected chi connectivity index (χ4v) is 2.76. The molecule has 0 aliphatic heterocycles. The first-order valence-corrected chi connectivity index (χ1v) is 8.23. The fraction of sp³-hybridized carbons (Fsp3) is 0.200. The molecule has 0 saturated carbocycles. The van der Waals surface area contributed by atoms with E-state index >= 15 is 0 Å². The van der Waals surface area contributed by atoms with Crippen molar-refractivity contribution < 1.29 is 22.8 Å². The van der Waals surface area contributed by atoms with Crippen LogP contribution in [0.15, 0.2) is 40.8 Å². The Bertz CT molecular complexity index is 1010. The topological polar surface area (TPSA) is 59.3 Å². The van der Waals surface area contributed by atoms with Crippen molar-refractivity contribution in [2.75, 3.05) is 5.32 Å². The first-order valence-electron chi connectivity index (χ1n) is 8.23. The molecule has 0 atom stereocenters. The Hall–Kier alpha value is -3.02. The maximum absolute atomic E-state index is 13.9. The zero-order chi connectivity index (χ0) is 18.8. The van der Waals surface area contributed by atoms with Gasteiger partial charge in [0.05, 0.1) is 5.56 Å². The lowest BCUT2D eigenvalue weighted by atomic mass is 10.0. The number of halogens is 2. The lowest BCUT2D eigenvalue weighted by molar-refractivity contribution is -0.116. The third-order valence-corrected chi connectivity index (χ3v) is 4.08. The summed E-state index contributed by atoms with van der Waals surface area (Å²) in [6.45, 7) is 3.59. The predicted molar refractivity (Wildman–Crippen MR) is 94.3 cm³/mol. The van der Waals surface area contributed by atoms with E-state index in [1.165, 1.54) is 0 Å². The van der Waals surface area contributed by atoms with Gasteiger partial charge in [0.15, 0.2) is 5.76 Å². The van der Waals surface area contributed by atoms with E-state index in [1.54, 1.807) is 25.1 Å². The molecule has 0 saturated heterocycles. The van der Waals surface area contributed by atoms with E-state index in [9.17, 15) is 18.4 Å². The highest BCUT2D eigenvalue weighted by Gasteiger charge is 2.22. The van der Waals surface area contributed by atoms with Gasteiger partial charge in [-0.25, -0.2) is 8.78 Å². The van der Waals surface area contributed by atoms with Crippen molar-refractivity contribution in [2.24, 2.45) is 0 Å². The molecule has 26 heavy (non-hydrogen) atoms. The Kier molecular flexibility index (Phi) is 4.84. The third kappa shape index (κ3) is 3.35. The molecule has 1 aromatic heterocycles. The Labute approximate surface area is 148 Å². The van der Waals surface area contributed by atoms with Crippen LogP contribution in [0.1, 0.15) is 41.4 Å². The number of anilines is 1. The van der Waals surface area contributed by atoms with Crippen molar-refractivity contribution >= 4 is 28.3 Å². The van der Waals surface area contributed by atoms with E-state index in [2.05, 4.69) is 5.32 Å². The molecule has 6 heteroatoms. The van der Waals surface area contributed by atoms with Crippen LogP contribution in [0.5, 0.6) is 0 Å². The van der Waals surface area contributed by atoms with Gasteiger partial charge in [-0.15, -0.1) is 0 Å². The number of carbonyl (C=O) groups is 2. The second-order valence-electron chi connectivity index (χ2n) is 6.02. The maximum atomic E-state index is 13.9. The van der Waals surface area contributed by atoms with Crippen molar-refractivity contribution in [3.05, 3.63) is 64.9 Å². The summed E-state index contributed by atoms with van der Waals surface area (Å²) < 4.78 is 32.5. The van der Waals surface area contributed by atoms with Gasteiger partial charge in [-0.2, -0.15) is 0 Å². The predicted octanol–water partition coefficient (Wildman–Crippen LogP) is 4.99. The van der Waals surface area contributed by atoms with Gasteiger partial charge < -0.3 is 9.73 Å². The Morgan fingerprint density at radius 1 is 1.12 bits per heavy atom. The molecule has 0 fully saturated rings. The largest absolute Gasteiger partial charge is 0.452 e. The van der Waals surface area contributed by atoms with Crippen LogP contribution in [-0.2, 0) is 4.79 Å². The summed E-state index contributed by atoms with van der Waals surface area (Å²) in [4.78, 5) is 24.3. The highest BCUT2D eigenvalue weighted by atomic mass is 19.1. The monoisotopic (exact) mass is 357 g/mol. The average molecular weight is 357 g/mol. The smallest absolute Gasteiger partial charge is 0.231 e. The number of fused-ring (bicyclic) bond motifs is 1. The Balaban J connectivity index is 1.98. The molecule has 0 aliphatic carbocycles. The molecule has 0 spiro atoms. The van der Waals surface area contributed by atoms with Gasteiger partial charge in [0.2, 0.25) is 11.7 Å². The lowest BCUT2D eigenvalue weighted by Crippen LogP contribution is -2.10. The molecule has 0 bridgehead atoms. The molecular weight excluding hydrogens is 340 g/mol. The van der Waals surface area contributed by atoms with E-state index in [-0.39, 0.29) is 17.2 Å². The minimum Gasteiger partial charge on any atom is -0.452 e. The van der Waals surface area contributed by atoms with Gasteiger partial charge in [0.1, 0.15) is 17.2 Å². The van der Waals surface area contributed by atoms with Crippen LogP contribution >= 0.6 is 0 Å². The number of ketones is 1. The lowest BCUT2D eigenvalue weighted by Gasteiger charge is -2.04. The van der Waals surface area contributed by atoms with E-state index in [1.807, 2.05) is 6.92 Å². The molecule has 0 aliphatic rings. The molecule has 1 heterocycles. The summed E-state index contributed by atoms with van der Waals surface area (Å²) in [7, 11) is 0. The Morgan fingerprint density at radius 3 is 2.58 bits per heavy atom. The first kappa shape index (κ1) is 17.8. The van der Waals surface area contributed by atoms with Crippen LogP contribution in [-0.4, -0.2) is 11.7 Å². The van der Waals surface area contributed by atoms with Crippen molar-refractivity contribution in [1.29, 1.82) is 0 Å². The number of hydrogen-bond donors (Lipinski definition) is 1. The SMILES string of the molecule is CCCC(=O)Nc1ccc2oc(C(=O)c3ccc(F)cc3F)c(C)c2c1. The zero-order valence-corrected chi connectivity index (χ0v) is 14.4. The van der Waals surface area contributed by atoms with Crippen molar-refractivity contribution in [2.45, 2.75) is 26.7 Å². The van der Waals surface area contributed by atoms with Gasteiger partial charge >= 0.3 is 0 Å². The number of amides is 1. The highest BCUT2D eigenvalue weighted by Crippen LogP contribution is 2.30. The maximum Gasteiger partial charge on any atom is 0.231 e. The van der Waals surface area contributed by atoms with Crippen LogP contribution < -0.4 is 5.32 Å². The Morgan fingerprint density at radius 2 is 1.88 bits per heavy atom. The molecule has 3 aromatic rings. The van der Waals surface area contributed by atoms with Gasteiger partial charge in [-0.1, -0.05) is 6.92 Å². The number of carbonyl (C=O) groups excluding carboxylic acids is 2. The van der Waals surface area contributed by atoms with E-state index < -0.39 is 17.4 Å². The number of nitrogens with one attached hydrogen (secondary N) is 1. The molecule has 2 aromatic carbocycles. The third-order valence-electron chi connectivity index (χ3n) is 4.08. The number of benzene rings is 2. The van der Waals surface area contributed by atoms with Gasteiger partial charge in [0, 0.05) is 29.1 Å². The summed E-state index contributed by atoms with van der Waals surface area (Å²) in [5, 5.41) is 3.42. The first-order chi connectivity index (χ1) is 12.4. The normalized spacial score (nSPS) is 10.9. The quantitative estimate of drug-likeness (QED) is 0.655. The molecule has 0 radical (unpaired) electrons. The summed E-state index contributed by atoms with van der Waals surface area (Å²) >= 11 is 0. The van der Waals surface area contributed by atoms with Crippen molar-refractivity contribution in [1.82, 2.24) is 0 Å². The van der Waals surface area contributed by atoms with Crippen molar-refractivity contribution in [3.63, 3.8) is 0 Å². The van der Waals surface area contributed by atoms with Crippen LogP contribution in [0.25, 0.3) is 11.0 Å². The summed E-state index contributed by atoms with van der Waals surface area (Å²) in [5.41, 5.74) is 1.30. The molecule has 134 valence electrons. The zero-order valence-electron chi connectivity index (χ0n) is 14.4. The average Bonchev–Trinajstić information content (AvgIpc) is 2.91. The minimum absolute atomic E-state index is 0.0115. The minimum atomic E-state index is -0.942. The molecule has 1 amide bonds. The van der Waals surface area contributed by atoms with E-state index in [0.29, 0.717) is 34.7 Å².